The standard InChI is InChI=1S/C20H26N2O2/c1-15(18-10-7-11-19(13-18)22-16(2)23)21-20(14-24-3)12-17-8-5-4-6-9-17/h4-11,13,15,20-21H,12,14H2,1-3H3,(H,22,23). The third-order valence-corrected chi connectivity index (χ3v) is 3.89. The quantitative estimate of drug-likeness (QED) is 0.780. The second kappa shape index (κ2) is 9.21. The van der Waals surface area contributed by atoms with Gasteiger partial charge >= 0.3 is 0 Å². The highest BCUT2D eigenvalue weighted by molar-refractivity contribution is 5.88. The minimum atomic E-state index is -0.0610. The fraction of sp³-hybridized carbons (Fsp3) is 0.350. The topological polar surface area (TPSA) is 50.4 Å². The van der Waals surface area contributed by atoms with Crippen molar-refractivity contribution < 1.29 is 9.53 Å². The summed E-state index contributed by atoms with van der Waals surface area (Å²) in [5, 5.41) is 6.45. The minimum Gasteiger partial charge on any atom is -0.383 e. The van der Waals surface area contributed by atoms with Crippen molar-refractivity contribution in [3.8, 4) is 0 Å². The van der Waals surface area contributed by atoms with Gasteiger partial charge in [0.2, 0.25) is 5.91 Å². The predicted molar refractivity (Wildman–Crippen MR) is 98.1 cm³/mol. The molecule has 0 saturated heterocycles. The molecule has 2 N–H and O–H groups in total. The Morgan fingerprint density at radius 3 is 2.54 bits per heavy atom. The van der Waals surface area contributed by atoms with Crippen LogP contribution in [0.3, 0.4) is 0 Å². The molecule has 0 radical (unpaired) electrons. The van der Waals surface area contributed by atoms with E-state index >= 15 is 0 Å². The van der Waals surface area contributed by atoms with Gasteiger partial charge < -0.3 is 15.4 Å². The summed E-state index contributed by atoms with van der Waals surface area (Å²) < 4.78 is 5.37. The van der Waals surface area contributed by atoms with E-state index < -0.39 is 0 Å². The zero-order valence-electron chi connectivity index (χ0n) is 14.6. The zero-order chi connectivity index (χ0) is 17.4. The van der Waals surface area contributed by atoms with E-state index in [1.807, 2.05) is 24.3 Å². The smallest absolute Gasteiger partial charge is 0.221 e. The minimum absolute atomic E-state index is 0.0610. The number of anilines is 1. The van der Waals surface area contributed by atoms with Crippen molar-refractivity contribution in [2.24, 2.45) is 0 Å². The first-order valence-corrected chi connectivity index (χ1v) is 8.25. The monoisotopic (exact) mass is 326 g/mol. The molecule has 0 fully saturated rings. The van der Waals surface area contributed by atoms with E-state index in [2.05, 4.69) is 47.9 Å². The molecule has 0 spiro atoms. The fourth-order valence-electron chi connectivity index (χ4n) is 2.80. The number of benzene rings is 2. The van der Waals surface area contributed by atoms with E-state index in [-0.39, 0.29) is 18.0 Å². The second-order valence-electron chi connectivity index (χ2n) is 6.04. The molecular formula is C20H26N2O2. The van der Waals surface area contributed by atoms with Crippen LogP contribution in [-0.4, -0.2) is 25.7 Å². The van der Waals surface area contributed by atoms with Crippen molar-refractivity contribution in [1.29, 1.82) is 0 Å². The summed E-state index contributed by atoms with van der Waals surface area (Å²) in [7, 11) is 1.72. The van der Waals surface area contributed by atoms with Gasteiger partial charge in [0, 0.05) is 31.8 Å². The zero-order valence-corrected chi connectivity index (χ0v) is 14.6. The molecular weight excluding hydrogens is 300 g/mol. The van der Waals surface area contributed by atoms with E-state index in [9.17, 15) is 4.79 Å². The Hall–Kier alpha value is -2.17. The Balaban J connectivity index is 2.04. The van der Waals surface area contributed by atoms with E-state index in [4.69, 9.17) is 4.74 Å². The lowest BCUT2D eigenvalue weighted by molar-refractivity contribution is -0.114. The average Bonchev–Trinajstić information content (AvgIpc) is 2.55. The summed E-state index contributed by atoms with van der Waals surface area (Å²) in [6.45, 7) is 4.29. The summed E-state index contributed by atoms with van der Waals surface area (Å²) in [5.74, 6) is -0.0610. The van der Waals surface area contributed by atoms with Crippen molar-refractivity contribution in [3.63, 3.8) is 0 Å². The number of carbonyl (C=O) groups is 1. The molecule has 2 rings (SSSR count). The largest absolute Gasteiger partial charge is 0.383 e. The second-order valence-corrected chi connectivity index (χ2v) is 6.04. The predicted octanol–water partition coefficient (Wildman–Crippen LogP) is 3.55. The third-order valence-electron chi connectivity index (χ3n) is 3.89. The highest BCUT2D eigenvalue weighted by atomic mass is 16.5. The number of rotatable bonds is 8. The summed E-state index contributed by atoms with van der Waals surface area (Å²) >= 11 is 0. The summed E-state index contributed by atoms with van der Waals surface area (Å²) in [5.41, 5.74) is 3.24. The molecule has 0 saturated carbocycles. The van der Waals surface area contributed by atoms with Gasteiger partial charge in [-0.3, -0.25) is 4.79 Å². The van der Waals surface area contributed by atoms with Gasteiger partial charge in [-0.05, 0) is 36.6 Å². The highest BCUT2D eigenvalue weighted by Gasteiger charge is 2.14. The van der Waals surface area contributed by atoms with Crippen LogP contribution in [0.1, 0.15) is 31.0 Å². The first-order chi connectivity index (χ1) is 11.6. The van der Waals surface area contributed by atoms with E-state index in [1.54, 1.807) is 7.11 Å². The molecule has 0 aliphatic heterocycles. The Labute approximate surface area is 144 Å². The van der Waals surface area contributed by atoms with Gasteiger partial charge in [0.25, 0.3) is 0 Å². The lowest BCUT2D eigenvalue weighted by Gasteiger charge is -2.24. The highest BCUT2D eigenvalue weighted by Crippen LogP contribution is 2.18. The first-order valence-electron chi connectivity index (χ1n) is 8.25. The average molecular weight is 326 g/mol. The Bertz CT molecular complexity index is 643. The van der Waals surface area contributed by atoms with Gasteiger partial charge in [-0.1, -0.05) is 42.5 Å². The number of amides is 1. The maximum absolute atomic E-state index is 11.2. The summed E-state index contributed by atoms with van der Waals surface area (Å²) in [4.78, 5) is 11.2. The number of nitrogens with one attached hydrogen (secondary N) is 2. The molecule has 0 aliphatic carbocycles. The van der Waals surface area contributed by atoms with E-state index in [0.717, 1.165) is 17.7 Å². The Morgan fingerprint density at radius 1 is 1.12 bits per heavy atom. The van der Waals surface area contributed by atoms with Gasteiger partial charge in [0.1, 0.15) is 0 Å². The van der Waals surface area contributed by atoms with Crippen molar-refractivity contribution >= 4 is 11.6 Å². The molecule has 2 atom stereocenters. The molecule has 2 unspecified atom stereocenters. The van der Waals surface area contributed by atoms with Gasteiger partial charge in [-0.15, -0.1) is 0 Å². The number of ether oxygens (including phenoxy) is 1. The van der Waals surface area contributed by atoms with Gasteiger partial charge in [0.15, 0.2) is 0 Å². The van der Waals surface area contributed by atoms with Crippen LogP contribution in [-0.2, 0) is 16.0 Å². The van der Waals surface area contributed by atoms with Gasteiger partial charge in [0.05, 0.1) is 6.61 Å². The number of carbonyl (C=O) groups excluding carboxylic acids is 1. The van der Waals surface area contributed by atoms with Crippen LogP contribution in [0.4, 0.5) is 5.69 Å². The van der Waals surface area contributed by atoms with Crippen molar-refractivity contribution in [3.05, 3.63) is 65.7 Å². The number of methoxy groups -OCH3 is 1. The maximum Gasteiger partial charge on any atom is 0.221 e. The van der Waals surface area contributed by atoms with Crippen LogP contribution in [0.2, 0.25) is 0 Å². The van der Waals surface area contributed by atoms with Crippen LogP contribution in [0.25, 0.3) is 0 Å². The van der Waals surface area contributed by atoms with Gasteiger partial charge in [-0.25, -0.2) is 0 Å². The maximum atomic E-state index is 11.2. The molecule has 2 aromatic carbocycles. The van der Waals surface area contributed by atoms with Crippen LogP contribution in [0.5, 0.6) is 0 Å². The lowest BCUT2D eigenvalue weighted by atomic mass is 10.0. The van der Waals surface area contributed by atoms with Crippen LogP contribution >= 0.6 is 0 Å². The molecule has 0 aliphatic rings. The summed E-state index contributed by atoms with van der Waals surface area (Å²) in [6.07, 6.45) is 0.907. The SMILES string of the molecule is COCC(Cc1ccccc1)NC(C)c1cccc(NC(C)=O)c1. The summed E-state index contributed by atoms with van der Waals surface area (Å²) in [6, 6.07) is 18.7. The molecule has 4 heteroatoms. The Morgan fingerprint density at radius 2 is 1.88 bits per heavy atom. The lowest BCUT2D eigenvalue weighted by Crippen LogP contribution is -2.37. The number of hydrogen-bond acceptors (Lipinski definition) is 3. The molecule has 0 heterocycles. The van der Waals surface area contributed by atoms with E-state index in [0.29, 0.717) is 6.61 Å². The number of hydrogen-bond donors (Lipinski definition) is 2. The molecule has 0 bridgehead atoms. The fourth-order valence-corrected chi connectivity index (χ4v) is 2.80. The molecule has 128 valence electrons. The van der Waals surface area contributed by atoms with E-state index in [1.165, 1.54) is 12.5 Å². The van der Waals surface area contributed by atoms with Crippen LogP contribution in [0.15, 0.2) is 54.6 Å². The van der Waals surface area contributed by atoms with Crippen LogP contribution in [0, 0.1) is 0 Å². The third kappa shape index (κ3) is 5.80. The van der Waals surface area contributed by atoms with Gasteiger partial charge in [-0.2, -0.15) is 0 Å². The molecule has 1 amide bonds. The first kappa shape index (κ1) is 18.2. The molecule has 24 heavy (non-hydrogen) atoms. The van der Waals surface area contributed by atoms with Crippen LogP contribution < -0.4 is 10.6 Å². The molecule has 2 aromatic rings. The molecule has 4 nitrogen and oxygen atoms in total. The van der Waals surface area contributed by atoms with Crippen molar-refractivity contribution in [2.75, 3.05) is 19.0 Å². The Kier molecular flexibility index (Phi) is 6.97. The normalized spacial score (nSPS) is 13.3. The molecule has 0 aromatic heterocycles. The van der Waals surface area contributed by atoms with Crippen molar-refractivity contribution in [1.82, 2.24) is 5.32 Å². The van der Waals surface area contributed by atoms with Crippen molar-refractivity contribution in [2.45, 2.75) is 32.4 Å².